The van der Waals surface area contributed by atoms with E-state index in [1.807, 2.05) is 12.1 Å². The molecule has 0 bridgehead atoms. The van der Waals surface area contributed by atoms with Crippen LogP contribution in [0, 0.1) is 0 Å². The smallest absolute Gasteiger partial charge is 0.115 e. The second-order valence-corrected chi connectivity index (χ2v) is 6.19. The molecule has 1 aromatic heterocycles. The quantitative estimate of drug-likeness (QED) is 0.819. The summed E-state index contributed by atoms with van der Waals surface area (Å²) in [6.45, 7) is 2.17. The topological polar surface area (TPSA) is 23.5 Å². The van der Waals surface area contributed by atoms with Crippen molar-refractivity contribution >= 4 is 22.9 Å². The van der Waals surface area contributed by atoms with Gasteiger partial charge in [0.25, 0.3) is 0 Å². The number of hydrogen-bond donors (Lipinski definition) is 1. The van der Waals surface area contributed by atoms with Gasteiger partial charge in [-0.05, 0) is 37.9 Å². The molecule has 0 aliphatic carbocycles. The van der Waals surface area contributed by atoms with Crippen molar-refractivity contribution in [1.29, 1.82) is 0 Å². The van der Waals surface area contributed by atoms with E-state index in [4.69, 9.17) is 11.6 Å². The number of aliphatic hydroxyl groups is 1. The first kappa shape index (κ1) is 10.1. The molecule has 2 aliphatic heterocycles. The number of rotatable bonds is 1. The van der Waals surface area contributed by atoms with Crippen molar-refractivity contribution < 1.29 is 5.11 Å². The molecule has 2 aliphatic rings. The molecule has 1 aromatic rings. The second-order valence-electron chi connectivity index (χ2n) is 4.47. The first-order valence-electron chi connectivity index (χ1n) is 5.42. The van der Waals surface area contributed by atoms with Gasteiger partial charge in [0.05, 0.1) is 4.34 Å². The Balaban J connectivity index is 1.96. The minimum Gasteiger partial charge on any atom is -0.383 e. The fourth-order valence-corrected chi connectivity index (χ4v) is 4.16. The zero-order chi connectivity index (χ0) is 10.5. The minimum atomic E-state index is -0.631. The van der Waals surface area contributed by atoms with Crippen LogP contribution in [0.5, 0.6) is 0 Å². The van der Waals surface area contributed by atoms with Crippen LogP contribution in [0.4, 0.5) is 0 Å². The van der Waals surface area contributed by atoms with E-state index in [0.29, 0.717) is 6.04 Å². The molecule has 0 saturated carbocycles. The molecule has 4 heteroatoms. The molecule has 82 valence electrons. The van der Waals surface area contributed by atoms with Crippen LogP contribution in [0.15, 0.2) is 12.1 Å². The van der Waals surface area contributed by atoms with Gasteiger partial charge in [0, 0.05) is 17.5 Å². The van der Waals surface area contributed by atoms with Crippen LogP contribution in [-0.4, -0.2) is 29.1 Å². The molecule has 3 heterocycles. The summed E-state index contributed by atoms with van der Waals surface area (Å²) in [5, 5.41) is 10.8. The summed E-state index contributed by atoms with van der Waals surface area (Å²) in [5.74, 6) is 0. The Labute approximate surface area is 98.5 Å². The number of fused-ring (bicyclic) bond motifs is 1. The summed E-state index contributed by atoms with van der Waals surface area (Å²) < 4.78 is 0.773. The highest BCUT2D eigenvalue weighted by molar-refractivity contribution is 7.16. The van der Waals surface area contributed by atoms with Crippen LogP contribution in [0.1, 0.15) is 24.1 Å². The van der Waals surface area contributed by atoms with Crippen molar-refractivity contribution in [3.63, 3.8) is 0 Å². The molecule has 0 spiro atoms. The van der Waals surface area contributed by atoms with Crippen molar-refractivity contribution in [2.24, 2.45) is 0 Å². The van der Waals surface area contributed by atoms with Gasteiger partial charge in [-0.1, -0.05) is 11.6 Å². The van der Waals surface area contributed by atoms with Crippen molar-refractivity contribution in [2.45, 2.75) is 30.9 Å². The maximum Gasteiger partial charge on any atom is 0.115 e. The molecular weight excluding hydrogens is 230 g/mol. The molecule has 2 unspecified atom stereocenters. The summed E-state index contributed by atoms with van der Waals surface area (Å²) in [6.07, 6.45) is 3.19. The summed E-state index contributed by atoms with van der Waals surface area (Å²) in [7, 11) is 0. The molecule has 0 radical (unpaired) electrons. The lowest BCUT2D eigenvalue weighted by Gasteiger charge is -2.28. The van der Waals surface area contributed by atoms with E-state index in [2.05, 4.69) is 4.90 Å². The van der Waals surface area contributed by atoms with Gasteiger partial charge in [0.1, 0.15) is 5.60 Å². The van der Waals surface area contributed by atoms with Gasteiger partial charge in [-0.15, -0.1) is 11.3 Å². The SMILES string of the molecule is OC1(c2ccc(Cl)s2)CCN2CCCC21. The maximum absolute atomic E-state index is 10.8. The zero-order valence-corrected chi connectivity index (χ0v) is 10.0. The predicted octanol–water partition coefficient (Wildman–Crippen LogP) is 2.46. The third-order valence-corrected chi connectivity index (χ3v) is 5.09. The van der Waals surface area contributed by atoms with Gasteiger partial charge >= 0.3 is 0 Å². The maximum atomic E-state index is 10.8. The van der Waals surface area contributed by atoms with Gasteiger partial charge in [0.2, 0.25) is 0 Å². The Bertz CT molecular complexity index is 380. The van der Waals surface area contributed by atoms with Crippen molar-refractivity contribution in [3.05, 3.63) is 21.3 Å². The van der Waals surface area contributed by atoms with Crippen molar-refractivity contribution in [2.75, 3.05) is 13.1 Å². The molecule has 0 amide bonds. The molecule has 15 heavy (non-hydrogen) atoms. The highest BCUT2D eigenvalue weighted by Gasteiger charge is 2.49. The lowest BCUT2D eigenvalue weighted by molar-refractivity contribution is 0.0128. The molecule has 2 atom stereocenters. The van der Waals surface area contributed by atoms with Crippen LogP contribution >= 0.6 is 22.9 Å². The van der Waals surface area contributed by atoms with Crippen molar-refractivity contribution in [3.8, 4) is 0 Å². The first-order chi connectivity index (χ1) is 7.20. The van der Waals surface area contributed by atoms with Gasteiger partial charge < -0.3 is 5.11 Å². The highest BCUT2D eigenvalue weighted by atomic mass is 35.5. The normalized spacial score (nSPS) is 36.0. The second kappa shape index (κ2) is 3.45. The Kier molecular flexibility index (Phi) is 2.32. The van der Waals surface area contributed by atoms with Gasteiger partial charge in [-0.2, -0.15) is 0 Å². The van der Waals surface area contributed by atoms with Crippen LogP contribution in [-0.2, 0) is 5.60 Å². The van der Waals surface area contributed by atoms with E-state index in [0.717, 1.165) is 35.1 Å². The van der Waals surface area contributed by atoms with E-state index in [9.17, 15) is 5.11 Å². The summed E-state index contributed by atoms with van der Waals surface area (Å²) in [4.78, 5) is 3.45. The minimum absolute atomic E-state index is 0.326. The monoisotopic (exact) mass is 243 g/mol. The van der Waals surface area contributed by atoms with Crippen LogP contribution < -0.4 is 0 Å². The molecule has 0 aromatic carbocycles. The third kappa shape index (κ3) is 1.45. The average Bonchev–Trinajstić information content (AvgIpc) is 2.85. The molecule has 3 rings (SSSR count). The van der Waals surface area contributed by atoms with E-state index in [1.165, 1.54) is 17.8 Å². The third-order valence-electron chi connectivity index (χ3n) is 3.69. The first-order valence-corrected chi connectivity index (χ1v) is 6.62. The standard InChI is InChI=1S/C11H14ClNOS/c12-10-4-3-9(15-10)11(14)5-7-13-6-1-2-8(11)13/h3-4,8,14H,1-2,5-7H2. The fraction of sp³-hybridized carbons (Fsp3) is 0.636. The van der Waals surface area contributed by atoms with Crippen LogP contribution in [0.25, 0.3) is 0 Å². The predicted molar refractivity (Wildman–Crippen MR) is 62.4 cm³/mol. The Morgan fingerprint density at radius 2 is 2.33 bits per heavy atom. The Hall–Kier alpha value is -0.0900. The number of halogens is 1. The Morgan fingerprint density at radius 1 is 1.47 bits per heavy atom. The molecule has 2 fully saturated rings. The summed E-state index contributed by atoms with van der Waals surface area (Å²) in [5.41, 5.74) is -0.631. The average molecular weight is 244 g/mol. The van der Waals surface area contributed by atoms with Crippen molar-refractivity contribution in [1.82, 2.24) is 4.90 Å². The Morgan fingerprint density at radius 3 is 3.07 bits per heavy atom. The van der Waals surface area contributed by atoms with E-state index in [-0.39, 0.29) is 0 Å². The molecule has 1 N–H and O–H groups in total. The number of nitrogens with zero attached hydrogens (tertiary/aromatic N) is 1. The largest absolute Gasteiger partial charge is 0.383 e. The van der Waals surface area contributed by atoms with Gasteiger partial charge in [0.15, 0.2) is 0 Å². The zero-order valence-electron chi connectivity index (χ0n) is 8.45. The van der Waals surface area contributed by atoms with E-state index in [1.54, 1.807) is 0 Å². The molecule has 2 nitrogen and oxygen atoms in total. The van der Waals surface area contributed by atoms with Gasteiger partial charge in [-0.25, -0.2) is 0 Å². The highest BCUT2D eigenvalue weighted by Crippen LogP contribution is 2.45. The summed E-state index contributed by atoms with van der Waals surface area (Å²) >= 11 is 7.46. The molecule has 2 saturated heterocycles. The van der Waals surface area contributed by atoms with E-state index < -0.39 is 5.60 Å². The molecular formula is C11H14ClNOS. The van der Waals surface area contributed by atoms with Crippen LogP contribution in [0.2, 0.25) is 4.34 Å². The fourth-order valence-electron chi connectivity index (χ4n) is 2.95. The van der Waals surface area contributed by atoms with E-state index >= 15 is 0 Å². The lowest BCUT2D eigenvalue weighted by atomic mass is 9.91. The summed E-state index contributed by atoms with van der Waals surface area (Å²) in [6, 6.07) is 4.19. The number of hydrogen-bond acceptors (Lipinski definition) is 3. The van der Waals surface area contributed by atoms with Crippen LogP contribution in [0.3, 0.4) is 0 Å². The lowest BCUT2D eigenvalue weighted by Crippen LogP contribution is -2.37. The number of thiophene rings is 1. The van der Waals surface area contributed by atoms with Gasteiger partial charge in [-0.3, -0.25) is 4.90 Å².